The summed E-state index contributed by atoms with van der Waals surface area (Å²) in [5, 5.41) is 9.06. The Labute approximate surface area is 125 Å². The van der Waals surface area contributed by atoms with Crippen LogP contribution in [0.1, 0.15) is 64.1 Å². The van der Waals surface area contributed by atoms with Crippen LogP contribution in [0.3, 0.4) is 0 Å². The Morgan fingerprint density at radius 2 is 1.75 bits per heavy atom. The molecule has 0 spiro atoms. The van der Waals surface area contributed by atoms with Crippen LogP contribution < -0.4 is 4.72 Å². The number of nitrogens with zero attached hydrogens (tertiary/aromatic N) is 1. The van der Waals surface area contributed by atoms with Crippen LogP contribution in [0.4, 0.5) is 0 Å². The summed E-state index contributed by atoms with van der Waals surface area (Å²) in [6, 6.07) is 10.3. The van der Waals surface area contributed by atoms with Crippen LogP contribution in [0.25, 0.3) is 0 Å². The molecule has 0 heterocycles. The summed E-state index contributed by atoms with van der Waals surface area (Å²) in [5.41, 5.74) is 2.13. The SMILES string of the molecule is CCC(C#N)c1ccc(C(C)NS(=O)C(C)(C)C)cc1. The molecule has 0 aliphatic carbocycles. The van der Waals surface area contributed by atoms with Crippen LogP contribution in [-0.4, -0.2) is 8.96 Å². The Balaban J connectivity index is 2.79. The van der Waals surface area contributed by atoms with Gasteiger partial charge in [0.05, 0.1) is 27.7 Å². The molecule has 3 nitrogen and oxygen atoms in total. The molecule has 0 aliphatic rings. The van der Waals surface area contributed by atoms with E-state index in [4.69, 9.17) is 5.26 Å². The molecule has 0 saturated heterocycles. The van der Waals surface area contributed by atoms with E-state index in [-0.39, 0.29) is 16.7 Å². The molecule has 0 amide bonds. The van der Waals surface area contributed by atoms with E-state index in [1.54, 1.807) is 0 Å². The van der Waals surface area contributed by atoms with Gasteiger partial charge in [0.1, 0.15) is 0 Å². The largest absolute Gasteiger partial charge is 0.242 e. The monoisotopic (exact) mass is 292 g/mol. The van der Waals surface area contributed by atoms with Gasteiger partial charge in [-0.25, -0.2) is 8.93 Å². The number of rotatable bonds is 5. The van der Waals surface area contributed by atoms with E-state index in [0.717, 1.165) is 17.5 Å². The van der Waals surface area contributed by atoms with Gasteiger partial charge >= 0.3 is 0 Å². The fourth-order valence-electron chi connectivity index (χ4n) is 1.82. The molecule has 0 fully saturated rings. The molecule has 1 aromatic carbocycles. The fourth-order valence-corrected chi connectivity index (χ4v) is 2.63. The predicted octanol–water partition coefficient (Wildman–Crippen LogP) is 3.82. The van der Waals surface area contributed by atoms with Gasteiger partial charge in [0.25, 0.3) is 0 Å². The van der Waals surface area contributed by atoms with E-state index < -0.39 is 11.0 Å². The van der Waals surface area contributed by atoms with Crippen molar-refractivity contribution in [3.8, 4) is 6.07 Å². The van der Waals surface area contributed by atoms with Crippen molar-refractivity contribution >= 4 is 11.0 Å². The van der Waals surface area contributed by atoms with Gasteiger partial charge in [-0.3, -0.25) is 0 Å². The van der Waals surface area contributed by atoms with Crippen molar-refractivity contribution in [2.75, 3.05) is 0 Å². The quantitative estimate of drug-likeness (QED) is 0.897. The first-order chi connectivity index (χ1) is 9.29. The molecule has 20 heavy (non-hydrogen) atoms. The number of nitriles is 1. The van der Waals surface area contributed by atoms with E-state index in [1.807, 2.05) is 58.9 Å². The highest BCUT2D eigenvalue weighted by Gasteiger charge is 2.21. The summed E-state index contributed by atoms with van der Waals surface area (Å²) in [5.74, 6) is -0.0453. The lowest BCUT2D eigenvalue weighted by molar-refractivity contribution is 0.616. The number of benzene rings is 1. The first-order valence-electron chi connectivity index (χ1n) is 6.97. The maximum Gasteiger partial charge on any atom is 0.0975 e. The third kappa shape index (κ3) is 4.43. The third-order valence-electron chi connectivity index (χ3n) is 3.24. The molecule has 4 heteroatoms. The summed E-state index contributed by atoms with van der Waals surface area (Å²) < 4.78 is 14.9. The standard InChI is InChI=1S/C16H24N2OS/c1-6-13(11-17)15-9-7-14(8-10-15)12(2)18-20(19)16(3,4)5/h7-10,12-13,18H,6H2,1-5H3. The Bertz CT molecular complexity index is 497. The molecule has 0 radical (unpaired) electrons. The molecule has 3 unspecified atom stereocenters. The van der Waals surface area contributed by atoms with Gasteiger partial charge in [-0.15, -0.1) is 0 Å². The van der Waals surface area contributed by atoms with Crippen LogP contribution in [0.5, 0.6) is 0 Å². The Hall–Kier alpha value is -1.18. The minimum absolute atomic E-state index is 0.0197. The number of hydrogen-bond acceptors (Lipinski definition) is 2. The molecule has 1 rings (SSSR count). The molecule has 0 aromatic heterocycles. The zero-order chi connectivity index (χ0) is 15.3. The van der Waals surface area contributed by atoms with E-state index >= 15 is 0 Å². The van der Waals surface area contributed by atoms with Gasteiger partial charge in [0.2, 0.25) is 0 Å². The summed E-state index contributed by atoms with van der Waals surface area (Å²) in [7, 11) is -1.09. The second-order valence-corrected chi connectivity index (χ2v) is 7.98. The van der Waals surface area contributed by atoms with Gasteiger partial charge in [-0.05, 0) is 45.2 Å². The predicted molar refractivity (Wildman–Crippen MR) is 84.5 cm³/mol. The van der Waals surface area contributed by atoms with Gasteiger partial charge in [-0.2, -0.15) is 5.26 Å². The molecular formula is C16H24N2OS. The van der Waals surface area contributed by atoms with Crippen molar-refractivity contribution in [2.45, 2.75) is 57.7 Å². The summed E-state index contributed by atoms with van der Waals surface area (Å²) >= 11 is 0. The van der Waals surface area contributed by atoms with E-state index in [1.165, 1.54) is 0 Å². The van der Waals surface area contributed by atoms with Crippen molar-refractivity contribution in [3.05, 3.63) is 35.4 Å². The topological polar surface area (TPSA) is 52.9 Å². The zero-order valence-corrected chi connectivity index (χ0v) is 13.8. The zero-order valence-electron chi connectivity index (χ0n) is 12.9. The lowest BCUT2D eigenvalue weighted by atomic mass is 9.96. The molecule has 1 aromatic rings. The van der Waals surface area contributed by atoms with Crippen LogP contribution in [0.15, 0.2) is 24.3 Å². The second-order valence-electron chi connectivity index (χ2n) is 5.98. The van der Waals surface area contributed by atoms with Gasteiger partial charge in [-0.1, -0.05) is 31.2 Å². The summed E-state index contributed by atoms with van der Waals surface area (Å²) in [6.07, 6.45) is 0.817. The van der Waals surface area contributed by atoms with Crippen LogP contribution in [0, 0.1) is 11.3 Å². The van der Waals surface area contributed by atoms with Crippen molar-refractivity contribution in [2.24, 2.45) is 0 Å². The average Bonchev–Trinajstić information content (AvgIpc) is 2.39. The molecule has 0 bridgehead atoms. The van der Waals surface area contributed by atoms with E-state index in [0.29, 0.717) is 0 Å². The highest BCUT2D eigenvalue weighted by Crippen LogP contribution is 2.22. The lowest BCUT2D eigenvalue weighted by Crippen LogP contribution is -2.34. The minimum atomic E-state index is -1.09. The lowest BCUT2D eigenvalue weighted by Gasteiger charge is -2.22. The maximum absolute atomic E-state index is 12.1. The molecule has 1 N–H and O–H groups in total. The Morgan fingerprint density at radius 1 is 1.25 bits per heavy atom. The molecule has 0 saturated carbocycles. The summed E-state index contributed by atoms with van der Waals surface area (Å²) in [6.45, 7) is 9.86. The van der Waals surface area contributed by atoms with Crippen molar-refractivity contribution in [3.63, 3.8) is 0 Å². The highest BCUT2D eigenvalue weighted by atomic mass is 32.2. The smallest absolute Gasteiger partial charge is 0.0975 e. The van der Waals surface area contributed by atoms with Crippen molar-refractivity contribution < 1.29 is 4.21 Å². The number of hydrogen-bond donors (Lipinski definition) is 1. The van der Waals surface area contributed by atoms with Crippen molar-refractivity contribution in [1.29, 1.82) is 5.26 Å². The molecule has 0 aliphatic heterocycles. The fraction of sp³-hybridized carbons (Fsp3) is 0.562. The normalized spacial score (nSPS) is 16.2. The molecule has 3 atom stereocenters. The molecule has 110 valence electrons. The highest BCUT2D eigenvalue weighted by molar-refractivity contribution is 7.84. The first-order valence-corrected chi connectivity index (χ1v) is 8.12. The maximum atomic E-state index is 12.1. The van der Waals surface area contributed by atoms with Gasteiger partial charge in [0, 0.05) is 6.04 Å². The Morgan fingerprint density at radius 3 is 2.15 bits per heavy atom. The van der Waals surface area contributed by atoms with Gasteiger partial charge in [0.15, 0.2) is 0 Å². The molecular weight excluding hydrogens is 268 g/mol. The van der Waals surface area contributed by atoms with E-state index in [9.17, 15) is 4.21 Å². The second kappa shape index (κ2) is 7.01. The van der Waals surface area contributed by atoms with Gasteiger partial charge < -0.3 is 0 Å². The minimum Gasteiger partial charge on any atom is -0.242 e. The van der Waals surface area contributed by atoms with E-state index in [2.05, 4.69) is 10.8 Å². The number of nitrogens with one attached hydrogen (secondary N) is 1. The van der Waals surface area contributed by atoms with Crippen LogP contribution >= 0.6 is 0 Å². The summed E-state index contributed by atoms with van der Waals surface area (Å²) in [4.78, 5) is 0. The van der Waals surface area contributed by atoms with Crippen LogP contribution in [0.2, 0.25) is 0 Å². The van der Waals surface area contributed by atoms with Crippen molar-refractivity contribution in [1.82, 2.24) is 4.72 Å². The van der Waals surface area contributed by atoms with Crippen LogP contribution in [-0.2, 0) is 11.0 Å². The average molecular weight is 292 g/mol. The first kappa shape index (κ1) is 16.9. The Kier molecular flexibility index (Phi) is 5.91. The third-order valence-corrected chi connectivity index (χ3v) is 4.92.